The molecule has 0 aliphatic carbocycles. The Hall–Kier alpha value is -2.51. The van der Waals surface area contributed by atoms with Gasteiger partial charge in [0.2, 0.25) is 0 Å². The van der Waals surface area contributed by atoms with E-state index in [2.05, 4.69) is 20.9 Å². The normalized spacial score (nSPS) is 14.7. The van der Waals surface area contributed by atoms with Crippen molar-refractivity contribution in [1.29, 1.82) is 0 Å². The summed E-state index contributed by atoms with van der Waals surface area (Å²) in [5.74, 6) is -0.119. The van der Waals surface area contributed by atoms with Gasteiger partial charge in [-0.3, -0.25) is 9.59 Å². The molecule has 2 aromatic carbocycles. The number of carbonyl (C=O) groups is 2. The Bertz CT molecular complexity index is 923. The van der Waals surface area contributed by atoms with Gasteiger partial charge in [-0.25, -0.2) is 0 Å². The Morgan fingerprint density at radius 1 is 1.07 bits per heavy atom. The summed E-state index contributed by atoms with van der Waals surface area (Å²) in [5.41, 5.74) is 1.56. The lowest BCUT2D eigenvalue weighted by molar-refractivity contribution is -0.116. The number of nitrogens with one attached hydrogen (secondary N) is 3. The maximum atomic E-state index is 12.5. The largest absolute Gasteiger partial charge is 0.360 e. The Balaban J connectivity index is 1.62. The molecule has 0 atom stereocenters. The molecular formula is C23H30N4O2S. The molecule has 1 heterocycles. The second kappa shape index (κ2) is 11.0. The molecule has 30 heavy (non-hydrogen) atoms. The van der Waals surface area contributed by atoms with Crippen molar-refractivity contribution in [2.75, 3.05) is 44.3 Å². The number of hydrogen-bond donors (Lipinski definition) is 3. The Morgan fingerprint density at radius 3 is 2.53 bits per heavy atom. The first kappa shape index (κ1) is 22.2. The van der Waals surface area contributed by atoms with E-state index in [4.69, 9.17) is 0 Å². The van der Waals surface area contributed by atoms with E-state index in [9.17, 15) is 9.59 Å². The summed E-state index contributed by atoms with van der Waals surface area (Å²) >= 11 is 1.40. The van der Waals surface area contributed by atoms with Crippen LogP contribution in [0.2, 0.25) is 0 Å². The van der Waals surface area contributed by atoms with Crippen molar-refractivity contribution in [3.8, 4) is 0 Å². The van der Waals surface area contributed by atoms with Crippen LogP contribution in [0.4, 0.5) is 5.69 Å². The molecule has 0 saturated carbocycles. The van der Waals surface area contributed by atoms with Crippen molar-refractivity contribution in [3.05, 3.63) is 53.1 Å². The molecule has 7 heteroatoms. The van der Waals surface area contributed by atoms with Crippen molar-refractivity contribution >= 4 is 40.0 Å². The third-order valence-electron chi connectivity index (χ3n) is 5.17. The number of likely N-dealkylation sites (N-methyl/N-ethyl adjacent to an activating group) is 1. The molecule has 2 amide bonds. The molecule has 0 radical (unpaired) electrons. The third kappa shape index (κ3) is 6.00. The molecule has 2 aromatic rings. The molecule has 0 bridgehead atoms. The molecule has 160 valence electrons. The molecular weight excluding hydrogens is 396 g/mol. The molecule has 1 fully saturated rings. The van der Waals surface area contributed by atoms with Crippen LogP contribution >= 0.6 is 11.8 Å². The van der Waals surface area contributed by atoms with Crippen LogP contribution in [0.3, 0.4) is 0 Å². The van der Waals surface area contributed by atoms with Crippen LogP contribution in [-0.2, 0) is 4.79 Å². The molecule has 6 nitrogen and oxygen atoms in total. The van der Waals surface area contributed by atoms with Crippen LogP contribution in [-0.4, -0.2) is 55.7 Å². The molecule has 1 saturated heterocycles. The monoisotopic (exact) mass is 426 g/mol. The number of fused-ring (bicyclic) bond motifs is 1. The third-order valence-corrected chi connectivity index (χ3v) is 5.91. The molecule has 0 spiro atoms. The lowest BCUT2D eigenvalue weighted by Crippen LogP contribution is -2.33. The van der Waals surface area contributed by atoms with Crippen molar-refractivity contribution in [2.24, 2.45) is 0 Å². The number of nitrogens with zero attached hydrogens (tertiary/aromatic N) is 1. The fraction of sp³-hybridized carbons (Fsp3) is 0.391. The van der Waals surface area contributed by atoms with E-state index >= 15 is 0 Å². The van der Waals surface area contributed by atoms with Crippen molar-refractivity contribution < 1.29 is 9.59 Å². The summed E-state index contributed by atoms with van der Waals surface area (Å²) in [4.78, 5) is 27.5. The van der Waals surface area contributed by atoms with Gasteiger partial charge in [-0.05, 0) is 74.1 Å². The summed E-state index contributed by atoms with van der Waals surface area (Å²) in [6.45, 7) is 6.36. The standard InChI is InChI=1S/C23H30N4O2S/c1-3-24-23(29)21(30-2)16-26-20-9-8-17-14-19(7-6-18(17)15-20)22(28)25-10-13-27-11-4-5-12-27/h6-9,14-16,26H,3-5,10-13H2,1-2H3,(H,24,29)(H,25,28)/b21-16+. The molecule has 0 aromatic heterocycles. The number of carbonyl (C=O) groups excluding carboxylic acids is 2. The highest BCUT2D eigenvalue weighted by Gasteiger charge is 2.12. The number of likely N-dealkylation sites (tertiary alicyclic amines) is 1. The van der Waals surface area contributed by atoms with Crippen molar-refractivity contribution in [1.82, 2.24) is 15.5 Å². The summed E-state index contributed by atoms with van der Waals surface area (Å²) in [6, 6.07) is 11.7. The van der Waals surface area contributed by atoms with E-state index in [1.54, 1.807) is 6.20 Å². The van der Waals surface area contributed by atoms with Gasteiger partial charge in [0, 0.05) is 37.1 Å². The minimum atomic E-state index is -0.0846. The molecule has 3 rings (SSSR count). The summed E-state index contributed by atoms with van der Waals surface area (Å²) in [5, 5.41) is 11.1. The Labute approximate surface area is 182 Å². The summed E-state index contributed by atoms with van der Waals surface area (Å²) < 4.78 is 0. The highest BCUT2D eigenvalue weighted by Crippen LogP contribution is 2.22. The summed E-state index contributed by atoms with van der Waals surface area (Å²) in [6.07, 6.45) is 6.12. The van der Waals surface area contributed by atoms with Crippen LogP contribution in [0.1, 0.15) is 30.1 Å². The van der Waals surface area contributed by atoms with Crippen LogP contribution in [0.25, 0.3) is 10.8 Å². The minimum Gasteiger partial charge on any atom is -0.360 e. The highest BCUT2D eigenvalue weighted by atomic mass is 32.2. The van der Waals surface area contributed by atoms with Crippen LogP contribution in [0.5, 0.6) is 0 Å². The van der Waals surface area contributed by atoms with Crippen LogP contribution in [0, 0.1) is 0 Å². The predicted molar refractivity (Wildman–Crippen MR) is 126 cm³/mol. The van der Waals surface area contributed by atoms with Crippen LogP contribution in [0.15, 0.2) is 47.5 Å². The van der Waals surface area contributed by atoms with Crippen molar-refractivity contribution in [2.45, 2.75) is 19.8 Å². The molecule has 1 aliphatic heterocycles. The quantitative estimate of drug-likeness (QED) is 0.536. The first-order valence-electron chi connectivity index (χ1n) is 10.4. The average molecular weight is 427 g/mol. The highest BCUT2D eigenvalue weighted by molar-refractivity contribution is 8.03. The van der Waals surface area contributed by atoms with Gasteiger partial charge in [-0.2, -0.15) is 0 Å². The van der Waals surface area contributed by atoms with Gasteiger partial charge in [0.05, 0.1) is 4.91 Å². The van der Waals surface area contributed by atoms with E-state index < -0.39 is 0 Å². The Kier molecular flexibility index (Phi) is 8.16. The molecule has 0 unspecified atom stereocenters. The second-order valence-corrected chi connectivity index (χ2v) is 8.15. The predicted octanol–water partition coefficient (Wildman–Crippen LogP) is 3.42. The second-order valence-electron chi connectivity index (χ2n) is 7.30. The number of anilines is 1. The first-order valence-corrected chi connectivity index (χ1v) is 11.7. The van der Waals surface area contributed by atoms with E-state index in [-0.39, 0.29) is 11.8 Å². The zero-order chi connectivity index (χ0) is 21.3. The van der Waals surface area contributed by atoms with Gasteiger partial charge < -0.3 is 20.9 Å². The van der Waals surface area contributed by atoms with Gasteiger partial charge >= 0.3 is 0 Å². The number of thioether (sulfide) groups is 1. The maximum Gasteiger partial charge on any atom is 0.259 e. The Morgan fingerprint density at radius 2 is 1.80 bits per heavy atom. The average Bonchev–Trinajstić information content (AvgIpc) is 3.27. The number of rotatable bonds is 9. The SMILES string of the molecule is CCNC(=O)/C(=C\Nc1ccc2cc(C(=O)NCCN3CCCC3)ccc2c1)SC. The summed E-state index contributed by atoms with van der Waals surface area (Å²) in [7, 11) is 0. The van der Waals surface area contributed by atoms with E-state index in [1.165, 1.54) is 24.6 Å². The fourth-order valence-electron chi connectivity index (χ4n) is 3.53. The lowest BCUT2D eigenvalue weighted by Gasteiger charge is -2.14. The van der Waals surface area contributed by atoms with Gasteiger partial charge in [-0.15, -0.1) is 11.8 Å². The molecule has 1 aliphatic rings. The number of benzene rings is 2. The topological polar surface area (TPSA) is 73.5 Å². The maximum absolute atomic E-state index is 12.5. The first-order chi connectivity index (χ1) is 14.6. The minimum absolute atomic E-state index is 0.0345. The fourth-order valence-corrected chi connectivity index (χ4v) is 3.96. The van der Waals surface area contributed by atoms with E-state index in [0.29, 0.717) is 23.6 Å². The van der Waals surface area contributed by atoms with Gasteiger partial charge in [0.15, 0.2) is 0 Å². The smallest absolute Gasteiger partial charge is 0.259 e. The van der Waals surface area contributed by atoms with Gasteiger partial charge in [0.1, 0.15) is 0 Å². The zero-order valence-corrected chi connectivity index (χ0v) is 18.5. The van der Waals surface area contributed by atoms with Gasteiger partial charge in [-0.1, -0.05) is 12.1 Å². The van der Waals surface area contributed by atoms with Crippen LogP contribution < -0.4 is 16.0 Å². The lowest BCUT2D eigenvalue weighted by atomic mass is 10.1. The number of hydrogen-bond acceptors (Lipinski definition) is 5. The zero-order valence-electron chi connectivity index (χ0n) is 17.7. The number of amides is 2. The molecule has 3 N–H and O–H groups in total. The van der Waals surface area contributed by atoms with Gasteiger partial charge in [0.25, 0.3) is 11.8 Å². The van der Waals surface area contributed by atoms with Crippen molar-refractivity contribution in [3.63, 3.8) is 0 Å². The van der Waals surface area contributed by atoms with E-state index in [0.717, 1.165) is 36.1 Å². The van der Waals surface area contributed by atoms with E-state index in [1.807, 2.05) is 49.6 Å².